The Morgan fingerprint density at radius 1 is 1.26 bits per heavy atom. The summed E-state index contributed by atoms with van der Waals surface area (Å²) in [7, 11) is 0. The van der Waals surface area contributed by atoms with Crippen molar-refractivity contribution in [2.24, 2.45) is 0 Å². The van der Waals surface area contributed by atoms with E-state index in [4.69, 9.17) is 0 Å². The van der Waals surface area contributed by atoms with Crippen molar-refractivity contribution in [3.05, 3.63) is 41.8 Å². The van der Waals surface area contributed by atoms with Gasteiger partial charge in [-0.1, -0.05) is 19.1 Å². The first-order valence-electron chi connectivity index (χ1n) is 6.77. The molecule has 1 aromatic heterocycles. The zero-order chi connectivity index (χ0) is 13.7. The third-order valence-electron chi connectivity index (χ3n) is 3.11. The molecule has 1 heterocycles. The van der Waals surface area contributed by atoms with Gasteiger partial charge in [-0.25, -0.2) is 4.39 Å². The highest BCUT2D eigenvalue weighted by molar-refractivity contribution is 5.59. The van der Waals surface area contributed by atoms with Crippen LogP contribution in [-0.4, -0.2) is 16.3 Å². The van der Waals surface area contributed by atoms with Crippen molar-refractivity contribution in [3.63, 3.8) is 0 Å². The molecule has 0 bridgehead atoms. The summed E-state index contributed by atoms with van der Waals surface area (Å²) in [6.45, 7) is 6.38. The summed E-state index contributed by atoms with van der Waals surface area (Å²) in [5.74, 6) is -0.162. The van der Waals surface area contributed by atoms with Crippen LogP contribution in [0.15, 0.2) is 30.5 Å². The number of benzene rings is 1. The van der Waals surface area contributed by atoms with E-state index >= 15 is 0 Å². The van der Waals surface area contributed by atoms with E-state index < -0.39 is 0 Å². The smallest absolute Gasteiger partial charge is 0.128 e. The monoisotopic (exact) mass is 261 g/mol. The lowest BCUT2D eigenvalue weighted by molar-refractivity contribution is 0.586. The predicted octanol–water partition coefficient (Wildman–Crippen LogP) is 3.21. The van der Waals surface area contributed by atoms with Crippen molar-refractivity contribution >= 4 is 0 Å². The number of nitrogens with one attached hydrogen (secondary N) is 1. The molecular formula is C15H20FN3. The first-order chi connectivity index (χ1) is 9.26. The van der Waals surface area contributed by atoms with Crippen LogP contribution in [0.25, 0.3) is 11.3 Å². The molecule has 0 atom stereocenters. The summed E-state index contributed by atoms with van der Waals surface area (Å²) in [6, 6.07) is 7.30. The van der Waals surface area contributed by atoms with Gasteiger partial charge >= 0.3 is 0 Å². The Kier molecular flexibility index (Phi) is 4.68. The van der Waals surface area contributed by atoms with Crippen molar-refractivity contribution in [1.82, 2.24) is 15.1 Å². The van der Waals surface area contributed by atoms with E-state index in [0.29, 0.717) is 12.1 Å². The molecule has 19 heavy (non-hydrogen) atoms. The molecule has 1 N–H and O–H groups in total. The fourth-order valence-electron chi connectivity index (χ4n) is 2.08. The maximum Gasteiger partial charge on any atom is 0.128 e. The summed E-state index contributed by atoms with van der Waals surface area (Å²) >= 11 is 0. The molecule has 0 amide bonds. The van der Waals surface area contributed by atoms with Gasteiger partial charge in [0, 0.05) is 30.4 Å². The van der Waals surface area contributed by atoms with Gasteiger partial charge < -0.3 is 5.32 Å². The second-order valence-electron chi connectivity index (χ2n) is 4.52. The normalized spacial score (nSPS) is 10.9. The highest BCUT2D eigenvalue weighted by Gasteiger charge is 2.08. The summed E-state index contributed by atoms with van der Waals surface area (Å²) in [5, 5.41) is 7.42. The topological polar surface area (TPSA) is 29.9 Å². The van der Waals surface area contributed by atoms with Gasteiger partial charge in [-0.05, 0) is 32.0 Å². The Labute approximate surface area is 113 Å². The second-order valence-corrected chi connectivity index (χ2v) is 4.52. The third-order valence-corrected chi connectivity index (χ3v) is 3.11. The van der Waals surface area contributed by atoms with Crippen LogP contribution in [0, 0.1) is 5.82 Å². The molecule has 0 spiro atoms. The minimum absolute atomic E-state index is 0.162. The highest BCUT2D eigenvalue weighted by Crippen LogP contribution is 2.21. The summed E-state index contributed by atoms with van der Waals surface area (Å²) in [6.07, 6.45) is 2.79. The van der Waals surface area contributed by atoms with Crippen molar-refractivity contribution in [1.29, 1.82) is 0 Å². The zero-order valence-corrected chi connectivity index (χ0v) is 11.5. The van der Waals surface area contributed by atoms with Gasteiger partial charge in [0.25, 0.3) is 0 Å². The Morgan fingerprint density at radius 3 is 2.79 bits per heavy atom. The minimum atomic E-state index is -0.162. The first kappa shape index (κ1) is 13.7. The number of hydrogen-bond donors (Lipinski definition) is 1. The fraction of sp³-hybridized carbons (Fsp3) is 0.400. The lowest BCUT2D eigenvalue weighted by Gasteiger charge is -2.08. The maximum atomic E-state index is 14.0. The van der Waals surface area contributed by atoms with Crippen LogP contribution in [-0.2, 0) is 13.1 Å². The van der Waals surface area contributed by atoms with E-state index in [9.17, 15) is 4.39 Å². The largest absolute Gasteiger partial charge is 0.313 e. The lowest BCUT2D eigenvalue weighted by Crippen LogP contribution is -2.14. The van der Waals surface area contributed by atoms with Crippen LogP contribution in [0.4, 0.5) is 4.39 Å². The Balaban J connectivity index is 2.19. The number of aryl methyl sites for hydroxylation is 1. The Morgan fingerprint density at radius 2 is 2.11 bits per heavy atom. The van der Waals surface area contributed by atoms with Crippen LogP contribution < -0.4 is 5.32 Å². The molecule has 3 nitrogen and oxygen atoms in total. The summed E-state index contributed by atoms with van der Waals surface area (Å²) < 4.78 is 15.9. The average molecular weight is 261 g/mol. The number of nitrogens with zero attached hydrogens (tertiary/aromatic N) is 2. The van der Waals surface area contributed by atoms with Crippen LogP contribution in [0.1, 0.15) is 25.8 Å². The predicted molar refractivity (Wildman–Crippen MR) is 75.3 cm³/mol. The SMILES string of the molecule is CCCNCc1ccc(-c2ccnn2CC)cc1F. The summed E-state index contributed by atoms with van der Waals surface area (Å²) in [5.41, 5.74) is 2.53. The molecule has 0 fully saturated rings. The molecule has 0 aliphatic rings. The van der Waals surface area contributed by atoms with Crippen LogP contribution >= 0.6 is 0 Å². The van der Waals surface area contributed by atoms with Gasteiger partial charge in [-0.3, -0.25) is 4.68 Å². The molecule has 2 aromatic rings. The minimum Gasteiger partial charge on any atom is -0.313 e. The van der Waals surface area contributed by atoms with Crippen molar-refractivity contribution in [2.75, 3.05) is 6.54 Å². The molecular weight excluding hydrogens is 241 g/mol. The van der Waals surface area contributed by atoms with E-state index in [0.717, 1.165) is 30.8 Å². The molecule has 2 rings (SSSR count). The molecule has 0 unspecified atom stereocenters. The van der Waals surface area contributed by atoms with Gasteiger partial charge in [-0.2, -0.15) is 5.10 Å². The van der Waals surface area contributed by atoms with Crippen molar-refractivity contribution in [2.45, 2.75) is 33.4 Å². The number of aromatic nitrogens is 2. The van der Waals surface area contributed by atoms with E-state index in [1.807, 2.05) is 29.8 Å². The van der Waals surface area contributed by atoms with E-state index in [-0.39, 0.29) is 5.82 Å². The Hall–Kier alpha value is -1.68. The van der Waals surface area contributed by atoms with Gasteiger partial charge in [0.1, 0.15) is 5.82 Å². The van der Waals surface area contributed by atoms with E-state index in [1.165, 1.54) is 0 Å². The molecule has 4 heteroatoms. The van der Waals surface area contributed by atoms with Crippen LogP contribution in [0.5, 0.6) is 0 Å². The van der Waals surface area contributed by atoms with Crippen molar-refractivity contribution < 1.29 is 4.39 Å². The van der Waals surface area contributed by atoms with Crippen LogP contribution in [0.2, 0.25) is 0 Å². The lowest BCUT2D eigenvalue weighted by atomic mass is 10.1. The second kappa shape index (κ2) is 6.48. The molecule has 0 radical (unpaired) electrons. The molecule has 0 saturated carbocycles. The zero-order valence-electron chi connectivity index (χ0n) is 11.5. The van der Waals surface area contributed by atoms with Gasteiger partial charge in [-0.15, -0.1) is 0 Å². The van der Waals surface area contributed by atoms with Gasteiger partial charge in [0.15, 0.2) is 0 Å². The highest BCUT2D eigenvalue weighted by atomic mass is 19.1. The summed E-state index contributed by atoms with van der Waals surface area (Å²) in [4.78, 5) is 0. The number of rotatable bonds is 6. The third kappa shape index (κ3) is 3.20. The molecule has 1 aromatic carbocycles. The quantitative estimate of drug-likeness (QED) is 0.809. The van der Waals surface area contributed by atoms with E-state index in [1.54, 1.807) is 12.3 Å². The number of hydrogen-bond acceptors (Lipinski definition) is 2. The standard InChI is InChI=1S/C15H20FN3/c1-3-8-17-11-13-6-5-12(10-14(13)16)15-7-9-18-19(15)4-2/h5-7,9-10,17H,3-4,8,11H2,1-2H3. The molecule has 0 aliphatic heterocycles. The molecule has 0 aliphatic carbocycles. The number of halogens is 1. The van der Waals surface area contributed by atoms with Gasteiger partial charge in [0.05, 0.1) is 5.69 Å². The van der Waals surface area contributed by atoms with Gasteiger partial charge in [0.2, 0.25) is 0 Å². The maximum absolute atomic E-state index is 14.0. The van der Waals surface area contributed by atoms with Crippen LogP contribution in [0.3, 0.4) is 0 Å². The Bertz CT molecular complexity index is 534. The first-order valence-corrected chi connectivity index (χ1v) is 6.77. The average Bonchev–Trinajstić information content (AvgIpc) is 2.89. The van der Waals surface area contributed by atoms with E-state index in [2.05, 4.69) is 17.3 Å². The molecule has 0 saturated heterocycles. The van der Waals surface area contributed by atoms with Crippen molar-refractivity contribution in [3.8, 4) is 11.3 Å². The fourth-order valence-corrected chi connectivity index (χ4v) is 2.08. The molecule has 102 valence electrons.